The van der Waals surface area contributed by atoms with Gasteiger partial charge in [0.05, 0.1) is 0 Å². The molecule has 0 aliphatic rings. The van der Waals surface area contributed by atoms with Gasteiger partial charge in [0.1, 0.15) is 0 Å². The second kappa shape index (κ2) is 6.38. The van der Waals surface area contributed by atoms with Gasteiger partial charge in [0.2, 0.25) is 0 Å². The van der Waals surface area contributed by atoms with Crippen LogP contribution in [-0.4, -0.2) is 32.1 Å². The minimum absolute atomic E-state index is 0.292. The number of rotatable bonds is 6. The van der Waals surface area contributed by atoms with E-state index in [0.717, 1.165) is 19.6 Å². The Morgan fingerprint density at radius 3 is 2.40 bits per heavy atom. The first-order valence-corrected chi connectivity index (χ1v) is 7.29. The summed E-state index contributed by atoms with van der Waals surface area (Å²) in [5.74, 6) is 0. The van der Waals surface area contributed by atoms with Gasteiger partial charge in [0, 0.05) is 19.6 Å². The smallest absolute Gasteiger partial charge is 0.0205 e. The van der Waals surface area contributed by atoms with Crippen LogP contribution in [0, 0.1) is 5.41 Å². The second-order valence-corrected chi connectivity index (χ2v) is 6.69. The van der Waals surface area contributed by atoms with Crippen molar-refractivity contribution in [1.29, 1.82) is 0 Å². The number of benzene rings is 2. The highest BCUT2D eigenvalue weighted by molar-refractivity contribution is 5.82. The van der Waals surface area contributed by atoms with Crippen LogP contribution in [0.5, 0.6) is 0 Å². The predicted octanol–water partition coefficient (Wildman–Crippen LogP) is 3.52. The van der Waals surface area contributed by atoms with Crippen molar-refractivity contribution in [2.45, 2.75) is 20.4 Å². The Hall–Kier alpha value is -1.38. The summed E-state index contributed by atoms with van der Waals surface area (Å²) >= 11 is 0. The van der Waals surface area contributed by atoms with E-state index in [1.165, 1.54) is 16.3 Å². The molecule has 1 N–H and O–H groups in total. The Kier molecular flexibility index (Phi) is 4.79. The Morgan fingerprint density at radius 1 is 1.00 bits per heavy atom. The van der Waals surface area contributed by atoms with E-state index in [1.54, 1.807) is 0 Å². The van der Waals surface area contributed by atoms with Crippen LogP contribution in [0.3, 0.4) is 0 Å². The average Bonchev–Trinajstić information content (AvgIpc) is 2.37. The summed E-state index contributed by atoms with van der Waals surface area (Å²) in [5, 5.41) is 6.21. The number of nitrogens with zero attached hydrogens (tertiary/aromatic N) is 1. The normalized spacial score (nSPS) is 12.2. The third-order valence-electron chi connectivity index (χ3n) is 3.49. The molecule has 2 nitrogen and oxygen atoms in total. The fourth-order valence-corrected chi connectivity index (χ4v) is 2.81. The highest BCUT2D eigenvalue weighted by atomic mass is 15.1. The number of hydrogen-bond donors (Lipinski definition) is 1. The van der Waals surface area contributed by atoms with Gasteiger partial charge < -0.3 is 10.2 Å². The van der Waals surface area contributed by atoms with Gasteiger partial charge in [0.25, 0.3) is 0 Å². The molecule has 0 unspecified atom stereocenters. The number of nitrogens with one attached hydrogen (secondary N) is 1. The molecule has 0 radical (unpaired) electrons. The zero-order chi connectivity index (χ0) is 14.6. The zero-order valence-corrected chi connectivity index (χ0v) is 13.1. The Balaban J connectivity index is 1.92. The van der Waals surface area contributed by atoms with E-state index in [2.05, 4.69) is 80.6 Å². The van der Waals surface area contributed by atoms with E-state index in [1.807, 2.05) is 0 Å². The molecular formula is C18H26N2. The Labute approximate surface area is 122 Å². The molecule has 0 fully saturated rings. The maximum atomic E-state index is 3.59. The van der Waals surface area contributed by atoms with Gasteiger partial charge in [-0.1, -0.05) is 50.2 Å². The molecule has 0 amide bonds. The molecule has 2 aromatic carbocycles. The monoisotopic (exact) mass is 270 g/mol. The minimum atomic E-state index is 0.292. The Morgan fingerprint density at radius 2 is 1.70 bits per heavy atom. The molecule has 0 heterocycles. The van der Waals surface area contributed by atoms with Gasteiger partial charge in [-0.2, -0.15) is 0 Å². The molecule has 0 aliphatic heterocycles. The van der Waals surface area contributed by atoms with Gasteiger partial charge in [-0.25, -0.2) is 0 Å². The molecule has 0 atom stereocenters. The lowest BCUT2D eigenvalue weighted by atomic mass is 9.93. The van der Waals surface area contributed by atoms with E-state index < -0.39 is 0 Å². The number of hydrogen-bond acceptors (Lipinski definition) is 2. The van der Waals surface area contributed by atoms with Gasteiger partial charge >= 0.3 is 0 Å². The first kappa shape index (κ1) is 15.0. The van der Waals surface area contributed by atoms with Gasteiger partial charge in [0.15, 0.2) is 0 Å². The molecule has 0 bridgehead atoms. The summed E-state index contributed by atoms with van der Waals surface area (Å²) in [6.45, 7) is 7.66. The molecule has 0 spiro atoms. The Bertz CT molecular complexity index is 558. The van der Waals surface area contributed by atoms with Crippen LogP contribution in [0.25, 0.3) is 10.8 Å². The lowest BCUT2D eigenvalue weighted by Crippen LogP contribution is -2.37. The quantitative estimate of drug-likeness (QED) is 0.864. The van der Waals surface area contributed by atoms with Crippen molar-refractivity contribution < 1.29 is 0 Å². The van der Waals surface area contributed by atoms with E-state index in [-0.39, 0.29) is 0 Å². The van der Waals surface area contributed by atoms with Gasteiger partial charge in [-0.15, -0.1) is 0 Å². The van der Waals surface area contributed by atoms with E-state index >= 15 is 0 Å². The molecule has 0 aliphatic carbocycles. The van der Waals surface area contributed by atoms with Gasteiger partial charge in [-0.05, 0) is 41.9 Å². The maximum Gasteiger partial charge on any atom is 0.0205 e. The van der Waals surface area contributed by atoms with Crippen LogP contribution in [0.4, 0.5) is 0 Å². The summed E-state index contributed by atoms with van der Waals surface area (Å²) in [4.78, 5) is 2.25. The fraction of sp³-hybridized carbons (Fsp3) is 0.444. The van der Waals surface area contributed by atoms with E-state index in [4.69, 9.17) is 0 Å². The summed E-state index contributed by atoms with van der Waals surface area (Å²) in [6.07, 6.45) is 0. The summed E-state index contributed by atoms with van der Waals surface area (Å²) in [7, 11) is 4.26. The summed E-state index contributed by atoms with van der Waals surface area (Å²) in [6, 6.07) is 15.2. The van der Waals surface area contributed by atoms with E-state index in [0.29, 0.717) is 5.41 Å². The highest BCUT2D eigenvalue weighted by Crippen LogP contribution is 2.17. The molecule has 108 valence electrons. The van der Waals surface area contributed by atoms with Crippen LogP contribution in [-0.2, 0) is 6.54 Å². The van der Waals surface area contributed by atoms with Crippen molar-refractivity contribution in [3.63, 3.8) is 0 Å². The fourth-order valence-electron chi connectivity index (χ4n) is 2.81. The minimum Gasteiger partial charge on any atom is -0.312 e. The molecule has 2 heteroatoms. The van der Waals surface area contributed by atoms with Crippen LogP contribution in [0.1, 0.15) is 19.4 Å². The van der Waals surface area contributed by atoms with Crippen molar-refractivity contribution >= 4 is 10.8 Å². The van der Waals surface area contributed by atoms with Crippen molar-refractivity contribution in [2.75, 3.05) is 27.2 Å². The molecule has 0 saturated heterocycles. The van der Waals surface area contributed by atoms with Crippen molar-refractivity contribution in [2.24, 2.45) is 5.41 Å². The molecule has 20 heavy (non-hydrogen) atoms. The van der Waals surface area contributed by atoms with Crippen LogP contribution in [0.15, 0.2) is 42.5 Å². The van der Waals surface area contributed by atoms with Crippen molar-refractivity contribution in [1.82, 2.24) is 10.2 Å². The largest absolute Gasteiger partial charge is 0.312 e. The van der Waals surface area contributed by atoms with Crippen molar-refractivity contribution in [3.05, 3.63) is 48.0 Å². The van der Waals surface area contributed by atoms with E-state index in [9.17, 15) is 0 Å². The lowest BCUT2D eigenvalue weighted by Gasteiger charge is -2.28. The van der Waals surface area contributed by atoms with Crippen LogP contribution in [0.2, 0.25) is 0 Å². The highest BCUT2D eigenvalue weighted by Gasteiger charge is 2.17. The topological polar surface area (TPSA) is 15.3 Å². The second-order valence-electron chi connectivity index (χ2n) is 6.69. The third kappa shape index (κ3) is 4.32. The summed E-state index contributed by atoms with van der Waals surface area (Å²) < 4.78 is 0. The third-order valence-corrected chi connectivity index (χ3v) is 3.49. The molecule has 0 aromatic heterocycles. The average molecular weight is 270 g/mol. The SMILES string of the molecule is CN(C)CC(C)(C)CNCc1ccc2ccccc2c1. The van der Waals surface area contributed by atoms with Crippen LogP contribution < -0.4 is 5.32 Å². The predicted molar refractivity (Wildman–Crippen MR) is 88.0 cm³/mol. The van der Waals surface area contributed by atoms with Gasteiger partial charge in [-0.3, -0.25) is 0 Å². The summed E-state index contributed by atoms with van der Waals surface area (Å²) in [5.41, 5.74) is 1.64. The lowest BCUT2D eigenvalue weighted by molar-refractivity contribution is 0.232. The zero-order valence-electron chi connectivity index (χ0n) is 13.1. The molecule has 0 saturated carbocycles. The molecular weight excluding hydrogens is 244 g/mol. The first-order chi connectivity index (χ1) is 9.46. The molecule has 2 rings (SSSR count). The number of fused-ring (bicyclic) bond motifs is 1. The van der Waals surface area contributed by atoms with Crippen LogP contribution >= 0.6 is 0 Å². The maximum absolute atomic E-state index is 3.59. The standard InChI is InChI=1S/C18H26N2/c1-18(2,14-20(3)4)13-19-12-15-9-10-16-7-5-6-8-17(16)11-15/h5-11,19H,12-14H2,1-4H3. The first-order valence-electron chi connectivity index (χ1n) is 7.29. The van der Waals surface area contributed by atoms with Crippen molar-refractivity contribution in [3.8, 4) is 0 Å². The molecule has 2 aromatic rings.